The Morgan fingerprint density at radius 2 is 2.10 bits per heavy atom. The fourth-order valence-corrected chi connectivity index (χ4v) is 2.95. The Hall–Kier alpha value is -3.49. The van der Waals surface area contributed by atoms with E-state index in [2.05, 4.69) is 10.1 Å². The number of fused-ring (bicyclic) bond motifs is 1. The SMILES string of the molecule is [2H]c1cc(N(Cc2cccc([N+](=O)[O-])c2)C(=O)OC(C)(C)C)n2ncc(C(C)C)c2n1. The molecule has 2 aromatic heterocycles. The van der Waals surface area contributed by atoms with Crippen molar-refractivity contribution in [3.8, 4) is 0 Å². The molecule has 9 nitrogen and oxygen atoms in total. The van der Waals surface area contributed by atoms with E-state index in [9.17, 15) is 14.9 Å². The third-order valence-corrected chi connectivity index (χ3v) is 4.33. The van der Waals surface area contributed by atoms with Crippen LogP contribution in [0.2, 0.25) is 0 Å². The largest absolute Gasteiger partial charge is 0.443 e. The molecule has 1 amide bonds. The predicted molar refractivity (Wildman–Crippen MR) is 113 cm³/mol. The molecule has 0 saturated carbocycles. The number of hydrogen-bond donors (Lipinski definition) is 0. The molecule has 0 N–H and O–H groups in total. The second kappa shape index (κ2) is 8.10. The van der Waals surface area contributed by atoms with E-state index in [0.717, 1.165) is 5.56 Å². The fraction of sp³-hybridized carbons (Fsp3) is 0.381. The lowest BCUT2D eigenvalue weighted by atomic mass is 10.1. The molecule has 0 spiro atoms. The molecular formula is C21H25N5O4. The summed E-state index contributed by atoms with van der Waals surface area (Å²) in [5.41, 5.74) is 1.01. The van der Waals surface area contributed by atoms with Gasteiger partial charge in [0.05, 0.1) is 19.0 Å². The molecule has 2 heterocycles. The molecule has 0 radical (unpaired) electrons. The third kappa shape index (κ3) is 4.56. The van der Waals surface area contributed by atoms with Crippen molar-refractivity contribution >= 4 is 23.2 Å². The normalized spacial score (nSPS) is 12.1. The minimum atomic E-state index is -0.763. The van der Waals surface area contributed by atoms with Crippen molar-refractivity contribution < 1.29 is 15.8 Å². The standard InChI is InChI=1S/C21H25N5O4/c1-14(2)17-12-23-25-18(9-10-22-19(17)25)24(20(27)30-21(3,4)5)13-15-7-6-8-16(11-15)26(28)29/h6-12,14H,13H2,1-5H3/i10D. The van der Waals surface area contributed by atoms with Gasteiger partial charge in [0.1, 0.15) is 11.4 Å². The average Bonchev–Trinajstić information content (AvgIpc) is 3.08. The Kier molecular flexibility index (Phi) is 5.35. The van der Waals surface area contributed by atoms with E-state index in [-0.39, 0.29) is 24.3 Å². The molecule has 0 aliphatic carbocycles. The van der Waals surface area contributed by atoms with Crippen LogP contribution in [-0.4, -0.2) is 31.2 Å². The first kappa shape index (κ1) is 19.8. The van der Waals surface area contributed by atoms with Gasteiger partial charge in [0.15, 0.2) is 5.65 Å². The van der Waals surface area contributed by atoms with Gasteiger partial charge in [-0.25, -0.2) is 9.78 Å². The topological polar surface area (TPSA) is 103 Å². The zero-order valence-corrected chi connectivity index (χ0v) is 17.6. The smallest absolute Gasteiger partial charge is 0.416 e. The van der Waals surface area contributed by atoms with Gasteiger partial charge in [-0.15, -0.1) is 0 Å². The third-order valence-electron chi connectivity index (χ3n) is 4.33. The lowest BCUT2D eigenvalue weighted by molar-refractivity contribution is -0.384. The van der Waals surface area contributed by atoms with Crippen LogP contribution in [0.25, 0.3) is 5.65 Å². The van der Waals surface area contributed by atoms with E-state index in [1.807, 2.05) is 13.8 Å². The van der Waals surface area contributed by atoms with Crippen LogP contribution in [0.3, 0.4) is 0 Å². The summed E-state index contributed by atoms with van der Waals surface area (Å²) < 4.78 is 15.2. The number of hydrogen-bond acceptors (Lipinski definition) is 6. The first-order chi connectivity index (χ1) is 14.5. The molecule has 0 atom stereocenters. The summed E-state index contributed by atoms with van der Waals surface area (Å²) >= 11 is 0. The Balaban J connectivity index is 2.14. The molecule has 3 rings (SSSR count). The highest BCUT2D eigenvalue weighted by molar-refractivity contribution is 5.87. The van der Waals surface area contributed by atoms with E-state index >= 15 is 0 Å². The number of rotatable bonds is 5. The minimum Gasteiger partial charge on any atom is -0.443 e. The minimum absolute atomic E-state index is 0.00792. The van der Waals surface area contributed by atoms with Gasteiger partial charge >= 0.3 is 6.09 Å². The molecule has 9 heteroatoms. The van der Waals surface area contributed by atoms with Crippen molar-refractivity contribution in [1.82, 2.24) is 14.6 Å². The lowest BCUT2D eigenvalue weighted by Gasteiger charge is -2.27. The Bertz CT molecular complexity index is 1140. The molecule has 3 aromatic rings. The zero-order valence-electron chi connectivity index (χ0n) is 18.6. The molecule has 0 fully saturated rings. The number of ether oxygens (including phenoxy) is 1. The summed E-state index contributed by atoms with van der Waals surface area (Å²) in [4.78, 5) is 29.4. The number of nitrogens with zero attached hydrogens (tertiary/aromatic N) is 5. The van der Waals surface area contributed by atoms with Crippen molar-refractivity contribution in [3.05, 3.63) is 63.9 Å². The number of nitro groups is 1. The van der Waals surface area contributed by atoms with E-state index in [1.54, 1.807) is 39.1 Å². The molecule has 158 valence electrons. The molecule has 0 aliphatic rings. The van der Waals surface area contributed by atoms with Gasteiger partial charge < -0.3 is 4.74 Å². The van der Waals surface area contributed by atoms with E-state index < -0.39 is 16.6 Å². The first-order valence-corrected chi connectivity index (χ1v) is 9.55. The first-order valence-electron chi connectivity index (χ1n) is 10.1. The molecule has 1 aromatic carbocycles. The Labute approximate surface area is 175 Å². The van der Waals surface area contributed by atoms with E-state index in [0.29, 0.717) is 17.0 Å². The highest BCUT2D eigenvalue weighted by Crippen LogP contribution is 2.26. The number of aromatic nitrogens is 3. The predicted octanol–water partition coefficient (Wildman–Crippen LogP) is 4.70. The number of non-ortho nitro benzene ring substituents is 1. The molecule has 0 bridgehead atoms. The number of carbonyl (C=O) groups excluding carboxylic acids is 1. The van der Waals surface area contributed by atoms with Gasteiger partial charge in [0.2, 0.25) is 0 Å². The van der Waals surface area contributed by atoms with Gasteiger partial charge in [0, 0.05) is 23.9 Å². The maximum Gasteiger partial charge on any atom is 0.416 e. The van der Waals surface area contributed by atoms with Gasteiger partial charge in [-0.2, -0.15) is 9.61 Å². The number of carbonyl (C=O) groups is 1. The average molecular weight is 412 g/mol. The van der Waals surface area contributed by atoms with Crippen LogP contribution in [-0.2, 0) is 11.3 Å². The fourth-order valence-electron chi connectivity index (χ4n) is 2.95. The summed E-state index contributed by atoms with van der Waals surface area (Å²) in [7, 11) is 0. The maximum atomic E-state index is 13.1. The van der Waals surface area contributed by atoms with Gasteiger partial charge in [-0.05, 0) is 38.3 Å². The molecule has 0 aliphatic heterocycles. The van der Waals surface area contributed by atoms with E-state index in [1.165, 1.54) is 27.6 Å². The van der Waals surface area contributed by atoms with Gasteiger partial charge in [-0.1, -0.05) is 26.0 Å². The number of anilines is 1. The van der Waals surface area contributed by atoms with E-state index in [4.69, 9.17) is 6.11 Å². The molecule has 30 heavy (non-hydrogen) atoms. The summed E-state index contributed by atoms with van der Waals surface area (Å²) in [5, 5.41) is 15.6. The Morgan fingerprint density at radius 1 is 1.37 bits per heavy atom. The second-order valence-corrected chi connectivity index (χ2v) is 8.23. The second-order valence-electron chi connectivity index (χ2n) is 8.23. The van der Waals surface area contributed by atoms with Gasteiger partial charge in [-0.3, -0.25) is 15.0 Å². The van der Waals surface area contributed by atoms with Gasteiger partial charge in [0.25, 0.3) is 5.69 Å². The number of nitro benzene ring substituents is 1. The van der Waals surface area contributed by atoms with Crippen LogP contribution in [0.1, 0.15) is 53.0 Å². The number of benzene rings is 1. The number of amides is 1. The maximum absolute atomic E-state index is 13.1. The molecule has 0 unspecified atom stereocenters. The van der Waals surface area contributed by atoms with Crippen LogP contribution in [0, 0.1) is 10.1 Å². The van der Waals surface area contributed by atoms with Crippen molar-refractivity contribution in [2.75, 3.05) is 4.90 Å². The van der Waals surface area contributed by atoms with Crippen LogP contribution in [0.4, 0.5) is 16.3 Å². The highest BCUT2D eigenvalue weighted by Gasteiger charge is 2.27. The monoisotopic (exact) mass is 412 g/mol. The molecular weight excluding hydrogens is 386 g/mol. The van der Waals surface area contributed by atoms with Crippen molar-refractivity contribution in [2.45, 2.75) is 52.7 Å². The van der Waals surface area contributed by atoms with Crippen LogP contribution >= 0.6 is 0 Å². The van der Waals surface area contributed by atoms with Crippen molar-refractivity contribution in [2.24, 2.45) is 0 Å². The summed E-state index contributed by atoms with van der Waals surface area (Å²) in [6, 6.07) is 7.46. The summed E-state index contributed by atoms with van der Waals surface area (Å²) in [6.45, 7) is 9.22. The van der Waals surface area contributed by atoms with Crippen molar-refractivity contribution in [3.63, 3.8) is 0 Å². The summed E-state index contributed by atoms with van der Waals surface area (Å²) in [6.07, 6.45) is 0.973. The summed E-state index contributed by atoms with van der Waals surface area (Å²) in [5.74, 6) is 0.411. The quantitative estimate of drug-likeness (QED) is 0.444. The Morgan fingerprint density at radius 3 is 2.73 bits per heavy atom. The van der Waals surface area contributed by atoms with Crippen LogP contribution in [0.15, 0.2) is 42.7 Å². The molecule has 0 saturated heterocycles. The highest BCUT2D eigenvalue weighted by atomic mass is 16.6. The van der Waals surface area contributed by atoms with Crippen LogP contribution < -0.4 is 4.90 Å². The lowest BCUT2D eigenvalue weighted by Crippen LogP contribution is -2.37. The van der Waals surface area contributed by atoms with Crippen molar-refractivity contribution in [1.29, 1.82) is 0 Å². The zero-order chi connectivity index (χ0) is 22.9. The van der Waals surface area contributed by atoms with Crippen LogP contribution in [0.5, 0.6) is 0 Å².